The molecular weight excluding hydrogens is 428 g/mol. The van der Waals surface area contributed by atoms with Crippen LogP contribution in [0.2, 0.25) is 0 Å². The van der Waals surface area contributed by atoms with Crippen molar-refractivity contribution in [3.8, 4) is 22.6 Å². The molecule has 1 aromatic carbocycles. The number of carbonyl (C=O) groups is 2. The monoisotopic (exact) mass is 460 g/mol. The smallest absolute Gasteiger partial charge is 0.305 e. The SMILES string of the molecule is COC(=O)CC1CCC(c2ccc(-c3ccc(-c4nc(C(=O)N(C)C)cn4C)cn3)cc2)CC1. The first-order valence-corrected chi connectivity index (χ1v) is 11.7. The van der Waals surface area contributed by atoms with Gasteiger partial charge in [-0.3, -0.25) is 14.6 Å². The summed E-state index contributed by atoms with van der Waals surface area (Å²) in [5.41, 5.74) is 4.60. The van der Waals surface area contributed by atoms with Crippen LogP contribution < -0.4 is 0 Å². The molecule has 4 rings (SSSR count). The predicted molar refractivity (Wildman–Crippen MR) is 131 cm³/mol. The number of ether oxygens (including phenoxy) is 1. The van der Waals surface area contributed by atoms with Crippen molar-refractivity contribution in [1.82, 2.24) is 19.4 Å². The fourth-order valence-corrected chi connectivity index (χ4v) is 4.71. The Balaban J connectivity index is 1.41. The number of pyridine rings is 1. The minimum Gasteiger partial charge on any atom is -0.469 e. The van der Waals surface area contributed by atoms with Crippen molar-refractivity contribution in [2.45, 2.75) is 38.0 Å². The van der Waals surface area contributed by atoms with E-state index in [9.17, 15) is 9.59 Å². The molecule has 0 unspecified atom stereocenters. The van der Waals surface area contributed by atoms with Gasteiger partial charge in [-0.2, -0.15) is 0 Å². The van der Waals surface area contributed by atoms with Gasteiger partial charge in [-0.25, -0.2) is 4.98 Å². The Morgan fingerprint density at radius 2 is 1.71 bits per heavy atom. The van der Waals surface area contributed by atoms with E-state index in [1.54, 1.807) is 26.5 Å². The molecule has 0 saturated heterocycles. The maximum Gasteiger partial charge on any atom is 0.305 e. The van der Waals surface area contributed by atoms with Gasteiger partial charge in [-0.05, 0) is 55.2 Å². The fraction of sp³-hybridized carbons (Fsp3) is 0.407. The second-order valence-corrected chi connectivity index (χ2v) is 9.31. The number of aromatic nitrogens is 3. The topological polar surface area (TPSA) is 77.3 Å². The van der Waals surface area contributed by atoms with Gasteiger partial charge in [0.25, 0.3) is 5.91 Å². The van der Waals surface area contributed by atoms with E-state index in [4.69, 9.17) is 4.74 Å². The molecule has 1 fully saturated rings. The summed E-state index contributed by atoms with van der Waals surface area (Å²) in [7, 11) is 6.77. The summed E-state index contributed by atoms with van der Waals surface area (Å²) in [5.74, 6) is 1.48. The van der Waals surface area contributed by atoms with Gasteiger partial charge < -0.3 is 14.2 Å². The minimum absolute atomic E-state index is 0.100. The lowest BCUT2D eigenvalue weighted by Crippen LogP contribution is -2.21. The van der Waals surface area contributed by atoms with Crippen LogP contribution in [0.5, 0.6) is 0 Å². The highest BCUT2D eigenvalue weighted by molar-refractivity contribution is 5.92. The van der Waals surface area contributed by atoms with Crippen LogP contribution in [0, 0.1) is 5.92 Å². The summed E-state index contributed by atoms with van der Waals surface area (Å²) in [6.07, 6.45) is 8.44. The highest BCUT2D eigenvalue weighted by atomic mass is 16.5. The summed E-state index contributed by atoms with van der Waals surface area (Å²) in [6, 6.07) is 12.6. The van der Waals surface area contributed by atoms with E-state index in [0.29, 0.717) is 29.8 Å². The standard InChI is InChI=1S/C27H32N4O3/c1-30(2)27(33)24-17-31(3)26(29-24)22-13-14-23(28-16-22)21-11-9-20(10-12-21)19-7-5-18(6-8-19)15-25(32)34-4/h9-14,16-19H,5-8,15H2,1-4H3. The van der Waals surface area contributed by atoms with E-state index in [2.05, 4.69) is 34.2 Å². The van der Waals surface area contributed by atoms with Crippen molar-refractivity contribution >= 4 is 11.9 Å². The molecule has 0 atom stereocenters. The van der Waals surface area contributed by atoms with Crippen LogP contribution in [-0.4, -0.2) is 52.5 Å². The number of esters is 1. The lowest BCUT2D eigenvalue weighted by Gasteiger charge is -2.28. The molecular formula is C27H32N4O3. The zero-order valence-electron chi connectivity index (χ0n) is 20.3. The van der Waals surface area contributed by atoms with Crippen molar-refractivity contribution < 1.29 is 14.3 Å². The van der Waals surface area contributed by atoms with Gasteiger partial charge >= 0.3 is 5.97 Å². The van der Waals surface area contributed by atoms with Crippen molar-refractivity contribution in [1.29, 1.82) is 0 Å². The molecule has 0 spiro atoms. The van der Waals surface area contributed by atoms with E-state index in [1.807, 2.05) is 23.7 Å². The van der Waals surface area contributed by atoms with Crippen molar-refractivity contribution in [2.75, 3.05) is 21.2 Å². The number of aryl methyl sites for hydroxylation is 1. The maximum atomic E-state index is 12.2. The van der Waals surface area contributed by atoms with Crippen molar-refractivity contribution in [2.24, 2.45) is 13.0 Å². The third kappa shape index (κ3) is 5.19. The molecule has 1 aliphatic carbocycles. The molecule has 0 aliphatic heterocycles. The minimum atomic E-state index is -0.122. The number of carbonyl (C=O) groups excluding carboxylic acids is 2. The fourth-order valence-electron chi connectivity index (χ4n) is 4.71. The Labute approximate surface area is 200 Å². The average Bonchev–Trinajstić information content (AvgIpc) is 3.25. The van der Waals surface area contributed by atoms with Crippen molar-refractivity contribution in [3.63, 3.8) is 0 Å². The second-order valence-electron chi connectivity index (χ2n) is 9.31. The Kier molecular flexibility index (Phi) is 7.10. The summed E-state index contributed by atoms with van der Waals surface area (Å²) < 4.78 is 6.66. The van der Waals surface area contributed by atoms with E-state index >= 15 is 0 Å². The van der Waals surface area contributed by atoms with Crippen LogP contribution in [0.3, 0.4) is 0 Å². The number of benzene rings is 1. The van der Waals surface area contributed by atoms with Crippen LogP contribution in [0.1, 0.15) is 54.1 Å². The van der Waals surface area contributed by atoms with Crippen LogP contribution in [0.4, 0.5) is 0 Å². The maximum absolute atomic E-state index is 12.2. The van der Waals surface area contributed by atoms with E-state index in [-0.39, 0.29) is 11.9 Å². The van der Waals surface area contributed by atoms with E-state index < -0.39 is 0 Å². The van der Waals surface area contributed by atoms with Crippen LogP contribution in [0.25, 0.3) is 22.6 Å². The molecule has 1 saturated carbocycles. The molecule has 7 heteroatoms. The number of hydrogen-bond donors (Lipinski definition) is 0. The summed E-state index contributed by atoms with van der Waals surface area (Å²) >= 11 is 0. The second kappa shape index (κ2) is 10.2. The molecule has 1 aliphatic rings. The van der Waals surface area contributed by atoms with Crippen molar-refractivity contribution in [3.05, 3.63) is 60.0 Å². The number of hydrogen-bond acceptors (Lipinski definition) is 5. The summed E-state index contributed by atoms with van der Waals surface area (Å²) in [6.45, 7) is 0. The lowest BCUT2D eigenvalue weighted by atomic mass is 9.77. The predicted octanol–water partition coefficient (Wildman–Crippen LogP) is 4.69. The molecule has 7 nitrogen and oxygen atoms in total. The average molecular weight is 461 g/mol. The Morgan fingerprint density at radius 1 is 1.03 bits per heavy atom. The number of amides is 1. The third-order valence-electron chi connectivity index (χ3n) is 6.73. The number of methoxy groups -OCH3 is 1. The summed E-state index contributed by atoms with van der Waals surface area (Å²) in [5, 5.41) is 0. The first-order chi connectivity index (χ1) is 16.4. The van der Waals surface area contributed by atoms with E-state index in [1.165, 1.54) is 17.6 Å². The van der Waals surface area contributed by atoms with Gasteiger partial charge in [0.05, 0.1) is 12.8 Å². The molecule has 2 aromatic heterocycles. The van der Waals surface area contributed by atoms with Crippen LogP contribution in [0.15, 0.2) is 48.8 Å². The van der Waals surface area contributed by atoms with Gasteiger partial charge in [-0.15, -0.1) is 0 Å². The highest BCUT2D eigenvalue weighted by Gasteiger charge is 2.24. The molecule has 0 N–H and O–H groups in total. The Morgan fingerprint density at radius 3 is 2.29 bits per heavy atom. The molecule has 34 heavy (non-hydrogen) atoms. The number of rotatable bonds is 6. The zero-order chi connectivity index (χ0) is 24.2. The van der Waals surface area contributed by atoms with E-state index in [0.717, 1.165) is 42.5 Å². The Bertz CT molecular complexity index is 1140. The van der Waals surface area contributed by atoms with Gasteiger partial charge in [0, 0.05) is 51.1 Å². The number of nitrogens with zero attached hydrogens (tertiary/aromatic N) is 4. The first kappa shape index (κ1) is 23.7. The first-order valence-electron chi connectivity index (χ1n) is 11.7. The van der Waals surface area contributed by atoms with Gasteiger partial charge in [-0.1, -0.05) is 24.3 Å². The summed E-state index contributed by atoms with van der Waals surface area (Å²) in [4.78, 5) is 34.4. The van der Waals surface area contributed by atoms with Gasteiger partial charge in [0.1, 0.15) is 11.5 Å². The van der Waals surface area contributed by atoms with Gasteiger partial charge in [0.15, 0.2) is 0 Å². The van der Waals surface area contributed by atoms with Crippen LogP contribution in [-0.2, 0) is 16.6 Å². The molecule has 178 valence electrons. The normalized spacial score (nSPS) is 17.9. The highest BCUT2D eigenvalue weighted by Crippen LogP contribution is 2.37. The molecule has 3 aromatic rings. The molecule has 2 heterocycles. The number of imidazole rings is 1. The molecule has 0 radical (unpaired) electrons. The zero-order valence-corrected chi connectivity index (χ0v) is 20.3. The Hall–Kier alpha value is -3.48. The largest absolute Gasteiger partial charge is 0.469 e. The van der Waals surface area contributed by atoms with Crippen LogP contribution >= 0.6 is 0 Å². The molecule has 1 amide bonds. The molecule has 0 bridgehead atoms. The third-order valence-corrected chi connectivity index (χ3v) is 6.73. The van der Waals surface area contributed by atoms with Gasteiger partial charge in [0.2, 0.25) is 0 Å². The lowest BCUT2D eigenvalue weighted by molar-refractivity contribution is -0.142. The quantitative estimate of drug-likeness (QED) is 0.499.